The van der Waals surface area contributed by atoms with Gasteiger partial charge in [0.05, 0.1) is 18.2 Å². The molecule has 5 rings (SSSR count). The molecule has 8 nitrogen and oxygen atoms in total. The van der Waals surface area contributed by atoms with Crippen LogP contribution >= 0.6 is 0 Å². The number of aromatic amines is 1. The Bertz CT molecular complexity index is 1390. The number of fused-ring (bicyclic) bond motifs is 1. The standard InChI is InChI=1S/C32H36N4O4/c1-38-18-19-39-28-12-10-25(11-13-28)32(24-6-3-2-4-7-24)36-16-14-35(15-17-36)22-27(37)23-40-31-9-5-8-30-29(31)20-26(21-33)34-30/h2-13,20,27,32,34,37H,14-19,22-23H2,1H3. The van der Waals surface area contributed by atoms with Crippen LogP contribution in [0.2, 0.25) is 0 Å². The first-order valence-electron chi connectivity index (χ1n) is 13.7. The highest BCUT2D eigenvalue weighted by molar-refractivity contribution is 5.87. The lowest BCUT2D eigenvalue weighted by atomic mass is 9.96. The minimum Gasteiger partial charge on any atom is -0.491 e. The lowest BCUT2D eigenvalue weighted by molar-refractivity contribution is 0.0404. The van der Waals surface area contributed by atoms with Crippen LogP contribution in [0.15, 0.2) is 78.9 Å². The summed E-state index contributed by atoms with van der Waals surface area (Å²) in [5, 5.41) is 20.8. The number of methoxy groups -OCH3 is 1. The molecule has 0 aliphatic carbocycles. The number of benzene rings is 3. The van der Waals surface area contributed by atoms with E-state index in [1.165, 1.54) is 11.1 Å². The van der Waals surface area contributed by atoms with Crippen LogP contribution < -0.4 is 9.47 Å². The Labute approximate surface area is 235 Å². The average Bonchev–Trinajstić information content (AvgIpc) is 3.43. The monoisotopic (exact) mass is 540 g/mol. The number of nitriles is 1. The molecule has 2 N–H and O–H groups in total. The van der Waals surface area contributed by atoms with Crippen molar-refractivity contribution in [3.63, 3.8) is 0 Å². The summed E-state index contributed by atoms with van der Waals surface area (Å²) in [4.78, 5) is 7.87. The Balaban J connectivity index is 1.17. The highest BCUT2D eigenvalue weighted by Crippen LogP contribution is 2.31. The molecule has 0 bridgehead atoms. The zero-order valence-electron chi connectivity index (χ0n) is 22.8. The normalized spacial score (nSPS) is 15.9. The van der Waals surface area contributed by atoms with Crippen molar-refractivity contribution in [1.82, 2.24) is 14.8 Å². The molecule has 0 radical (unpaired) electrons. The van der Waals surface area contributed by atoms with Gasteiger partial charge in [0.25, 0.3) is 0 Å². The number of aliphatic hydroxyl groups is 1. The summed E-state index contributed by atoms with van der Waals surface area (Å²) >= 11 is 0. The third-order valence-corrected chi connectivity index (χ3v) is 7.28. The van der Waals surface area contributed by atoms with E-state index in [4.69, 9.17) is 14.2 Å². The van der Waals surface area contributed by atoms with Gasteiger partial charge in [-0.15, -0.1) is 0 Å². The number of β-amino-alcohol motifs (C(OH)–C–C–N with tert-alkyl or cyclic N) is 1. The van der Waals surface area contributed by atoms with Crippen LogP contribution in [0.4, 0.5) is 0 Å². The van der Waals surface area contributed by atoms with Crippen LogP contribution in [0.1, 0.15) is 22.9 Å². The summed E-state index contributed by atoms with van der Waals surface area (Å²) in [5.41, 5.74) is 3.83. The fourth-order valence-corrected chi connectivity index (χ4v) is 5.29. The van der Waals surface area contributed by atoms with Crippen LogP contribution in [-0.4, -0.2) is 85.6 Å². The third kappa shape index (κ3) is 6.82. The minimum absolute atomic E-state index is 0.143. The fraction of sp³-hybridized carbons (Fsp3) is 0.344. The van der Waals surface area contributed by atoms with E-state index in [2.05, 4.69) is 57.3 Å². The molecule has 4 aromatic rings. The van der Waals surface area contributed by atoms with Crippen molar-refractivity contribution in [1.29, 1.82) is 5.26 Å². The first kappa shape index (κ1) is 27.7. The van der Waals surface area contributed by atoms with Gasteiger partial charge < -0.3 is 24.3 Å². The van der Waals surface area contributed by atoms with Gasteiger partial charge in [0, 0.05) is 45.2 Å². The SMILES string of the molecule is COCCOc1ccc(C(c2ccccc2)N2CCN(CC(O)COc3cccc4[nH]c(C#N)cc34)CC2)cc1. The van der Waals surface area contributed by atoms with Crippen LogP contribution in [0.5, 0.6) is 11.5 Å². The zero-order valence-corrected chi connectivity index (χ0v) is 22.8. The predicted octanol–water partition coefficient (Wildman–Crippen LogP) is 4.21. The molecule has 1 aliphatic heterocycles. The van der Waals surface area contributed by atoms with Crippen molar-refractivity contribution in [3.05, 3.63) is 95.7 Å². The van der Waals surface area contributed by atoms with Gasteiger partial charge in [0.1, 0.15) is 42.6 Å². The smallest absolute Gasteiger partial charge is 0.128 e. The number of nitrogens with one attached hydrogen (secondary N) is 1. The van der Waals surface area contributed by atoms with Gasteiger partial charge in [-0.2, -0.15) is 5.26 Å². The number of nitrogens with zero attached hydrogens (tertiary/aromatic N) is 3. The van der Waals surface area contributed by atoms with E-state index >= 15 is 0 Å². The molecule has 0 spiro atoms. The van der Waals surface area contributed by atoms with E-state index in [1.807, 2.05) is 36.4 Å². The van der Waals surface area contributed by atoms with E-state index < -0.39 is 6.10 Å². The second-order valence-electron chi connectivity index (χ2n) is 10.0. The summed E-state index contributed by atoms with van der Waals surface area (Å²) in [7, 11) is 1.67. The summed E-state index contributed by atoms with van der Waals surface area (Å²) in [5.74, 6) is 1.51. The van der Waals surface area contributed by atoms with Gasteiger partial charge >= 0.3 is 0 Å². The van der Waals surface area contributed by atoms with Crippen molar-refractivity contribution in [2.45, 2.75) is 12.1 Å². The van der Waals surface area contributed by atoms with E-state index in [1.54, 1.807) is 13.2 Å². The number of hydrogen-bond acceptors (Lipinski definition) is 7. The Morgan fingerprint density at radius 1 is 0.900 bits per heavy atom. The minimum atomic E-state index is -0.619. The molecule has 2 heterocycles. The van der Waals surface area contributed by atoms with Crippen LogP contribution in [-0.2, 0) is 4.74 Å². The number of aromatic nitrogens is 1. The molecule has 40 heavy (non-hydrogen) atoms. The summed E-state index contributed by atoms with van der Waals surface area (Å²) in [6.45, 7) is 5.32. The molecule has 2 unspecified atom stereocenters. The molecule has 208 valence electrons. The summed E-state index contributed by atoms with van der Waals surface area (Å²) < 4.78 is 16.8. The lowest BCUT2D eigenvalue weighted by Crippen LogP contribution is -2.50. The van der Waals surface area contributed by atoms with Gasteiger partial charge in [-0.1, -0.05) is 48.5 Å². The average molecular weight is 541 g/mol. The number of aliphatic hydroxyl groups excluding tert-OH is 1. The second kappa shape index (κ2) is 13.5. The fourth-order valence-electron chi connectivity index (χ4n) is 5.29. The van der Waals surface area contributed by atoms with Gasteiger partial charge in [0.2, 0.25) is 0 Å². The van der Waals surface area contributed by atoms with Gasteiger partial charge in [0.15, 0.2) is 0 Å². The highest BCUT2D eigenvalue weighted by Gasteiger charge is 2.27. The molecule has 1 fully saturated rings. The van der Waals surface area contributed by atoms with Crippen molar-refractivity contribution in [2.75, 3.05) is 59.7 Å². The van der Waals surface area contributed by atoms with Gasteiger partial charge in [-0.25, -0.2) is 0 Å². The van der Waals surface area contributed by atoms with Crippen molar-refractivity contribution < 1.29 is 19.3 Å². The molecular formula is C32H36N4O4. The maximum absolute atomic E-state index is 10.8. The van der Waals surface area contributed by atoms with Crippen molar-refractivity contribution >= 4 is 10.9 Å². The van der Waals surface area contributed by atoms with Gasteiger partial charge in [-0.05, 0) is 41.5 Å². The number of piperazine rings is 1. The third-order valence-electron chi connectivity index (χ3n) is 7.28. The Hall–Kier alpha value is -3.87. The molecule has 8 heteroatoms. The molecule has 1 aliphatic rings. The summed E-state index contributed by atoms with van der Waals surface area (Å²) in [6.07, 6.45) is -0.619. The Morgan fingerprint density at radius 3 is 2.38 bits per heavy atom. The maximum Gasteiger partial charge on any atom is 0.128 e. The van der Waals surface area contributed by atoms with Crippen LogP contribution in [0.25, 0.3) is 10.9 Å². The molecule has 1 saturated heterocycles. The summed E-state index contributed by atoms with van der Waals surface area (Å²) in [6, 6.07) is 28.7. The maximum atomic E-state index is 10.8. The van der Waals surface area contributed by atoms with Crippen molar-refractivity contribution in [3.8, 4) is 17.6 Å². The number of rotatable bonds is 12. The predicted molar refractivity (Wildman–Crippen MR) is 155 cm³/mol. The Kier molecular flexibility index (Phi) is 9.32. The molecule has 0 amide bonds. The number of ether oxygens (including phenoxy) is 3. The van der Waals surface area contributed by atoms with Crippen molar-refractivity contribution in [2.24, 2.45) is 0 Å². The van der Waals surface area contributed by atoms with Gasteiger partial charge in [-0.3, -0.25) is 9.80 Å². The highest BCUT2D eigenvalue weighted by atomic mass is 16.5. The molecule has 0 saturated carbocycles. The van der Waals surface area contributed by atoms with E-state index in [0.717, 1.165) is 42.8 Å². The quantitative estimate of drug-likeness (QED) is 0.260. The second-order valence-corrected chi connectivity index (χ2v) is 10.0. The van der Waals surface area contributed by atoms with Crippen LogP contribution in [0.3, 0.4) is 0 Å². The zero-order chi connectivity index (χ0) is 27.7. The van der Waals surface area contributed by atoms with Crippen LogP contribution in [0, 0.1) is 11.3 Å². The van der Waals surface area contributed by atoms with E-state index in [9.17, 15) is 10.4 Å². The largest absolute Gasteiger partial charge is 0.491 e. The molecule has 2 atom stereocenters. The lowest BCUT2D eigenvalue weighted by Gasteiger charge is -2.40. The first-order valence-corrected chi connectivity index (χ1v) is 13.7. The first-order chi connectivity index (χ1) is 19.6. The molecular weight excluding hydrogens is 504 g/mol. The topological polar surface area (TPSA) is 94.0 Å². The number of H-pyrrole nitrogens is 1. The van der Waals surface area contributed by atoms with E-state index in [-0.39, 0.29) is 12.6 Å². The number of hydrogen-bond donors (Lipinski definition) is 2. The van der Waals surface area contributed by atoms with E-state index in [0.29, 0.717) is 31.2 Å². The molecule has 1 aromatic heterocycles. The molecule has 3 aromatic carbocycles. The Morgan fingerprint density at radius 2 is 1.65 bits per heavy atom.